The van der Waals surface area contributed by atoms with Gasteiger partial charge in [-0.25, -0.2) is 0 Å². The van der Waals surface area contributed by atoms with Crippen LogP contribution in [0, 0.1) is 6.92 Å². The molecule has 0 spiro atoms. The van der Waals surface area contributed by atoms with E-state index in [1.807, 2.05) is 33.9 Å². The van der Waals surface area contributed by atoms with Crippen LogP contribution in [-0.4, -0.2) is 45.1 Å². The fourth-order valence-electron chi connectivity index (χ4n) is 3.09. The predicted octanol–water partition coefficient (Wildman–Crippen LogP) is 1.32. The molecule has 1 amide bonds. The first-order valence-corrected chi connectivity index (χ1v) is 8.21. The molecule has 1 aliphatic heterocycles. The minimum atomic E-state index is -0.156. The molecule has 8 nitrogen and oxygen atoms in total. The maximum atomic E-state index is 12.4. The summed E-state index contributed by atoms with van der Waals surface area (Å²) < 4.78 is 7.53. The van der Waals surface area contributed by atoms with Gasteiger partial charge in [-0.15, -0.1) is 0 Å². The number of carbonyl (C=O) groups excluding carboxylic acids is 1. The highest BCUT2D eigenvalue weighted by Gasteiger charge is 2.29. The molecule has 8 heteroatoms. The minimum Gasteiger partial charge on any atom is -0.369 e. The molecule has 2 aromatic rings. The third-order valence-corrected chi connectivity index (χ3v) is 4.17. The number of aromatic amines is 1. The van der Waals surface area contributed by atoms with Gasteiger partial charge in [-0.2, -0.15) is 10.2 Å². The van der Waals surface area contributed by atoms with Crippen molar-refractivity contribution in [3.05, 3.63) is 28.7 Å². The quantitative estimate of drug-likeness (QED) is 0.718. The van der Waals surface area contributed by atoms with E-state index in [0.29, 0.717) is 25.2 Å². The molecular weight excluding hydrogens is 308 g/mol. The van der Waals surface area contributed by atoms with Gasteiger partial charge < -0.3 is 15.4 Å². The molecule has 0 radical (unpaired) electrons. The van der Waals surface area contributed by atoms with E-state index in [1.54, 1.807) is 4.68 Å². The Morgan fingerprint density at radius 2 is 2.25 bits per heavy atom. The number of rotatable bonds is 5. The number of fused-ring (bicyclic) bond motifs is 1. The Hall–Kier alpha value is -2.35. The van der Waals surface area contributed by atoms with Crippen LogP contribution in [0.3, 0.4) is 0 Å². The lowest BCUT2D eigenvalue weighted by molar-refractivity contribution is -0.00697. The number of H-pyrrole nitrogens is 1. The molecule has 3 N–H and O–H groups in total. The molecule has 0 bridgehead atoms. The van der Waals surface area contributed by atoms with Crippen LogP contribution in [0.1, 0.15) is 47.4 Å². The SMILES string of the molecule is Cc1cc(NCCNC(=O)c2n[nH]c3c2C[C@@H](C)O[C@H]3C)n(C)n1. The number of nitrogens with one attached hydrogen (secondary N) is 3. The normalized spacial score (nSPS) is 19.8. The molecule has 130 valence electrons. The van der Waals surface area contributed by atoms with Crippen LogP contribution in [-0.2, 0) is 18.2 Å². The average Bonchev–Trinajstić information content (AvgIpc) is 3.06. The number of carbonyl (C=O) groups is 1. The summed E-state index contributed by atoms with van der Waals surface area (Å²) in [7, 11) is 1.88. The van der Waals surface area contributed by atoms with Crippen molar-refractivity contribution in [2.75, 3.05) is 18.4 Å². The highest BCUT2D eigenvalue weighted by molar-refractivity contribution is 5.94. The van der Waals surface area contributed by atoms with Gasteiger partial charge in [0.2, 0.25) is 0 Å². The number of amides is 1. The number of hydrogen-bond donors (Lipinski definition) is 3. The fraction of sp³-hybridized carbons (Fsp3) is 0.562. The van der Waals surface area contributed by atoms with Crippen molar-refractivity contribution in [1.29, 1.82) is 0 Å². The van der Waals surface area contributed by atoms with Gasteiger partial charge in [-0.05, 0) is 20.8 Å². The third kappa shape index (κ3) is 3.28. The summed E-state index contributed by atoms with van der Waals surface area (Å²) in [6, 6.07) is 1.97. The molecule has 2 atom stereocenters. The molecule has 3 rings (SSSR count). The second kappa shape index (κ2) is 6.64. The first-order chi connectivity index (χ1) is 11.5. The summed E-state index contributed by atoms with van der Waals surface area (Å²) in [6.07, 6.45) is 0.727. The Morgan fingerprint density at radius 1 is 1.46 bits per heavy atom. The zero-order chi connectivity index (χ0) is 17.3. The summed E-state index contributed by atoms with van der Waals surface area (Å²) in [4.78, 5) is 12.4. The molecule has 3 heterocycles. The van der Waals surface area contributed by atoms with Gasteiger partial charge in [0.15, 0.2) is 5.69 Å². The van der Waals surface area contributed by atoms with E-state index in [9.17, 15) is 4.79 Å². The van der Waals surface area contributed by atoms with Crippen LogP contribution < -0.4 is 10.6 Å². The van der Waals surface area contributed by atoms with Gasteiger partial charge in [0.05, 0.1) is 23.6 Å². The number of nitrogens with zero attached hydrogens (tertiary/aromatic N) is 3. The van der Waals surface area contributed by atoms with Crippen molar-refractivity contribution in [1.82, 2.24) is 25.3 Å². The molecule has 0 saturated heterocycles. The summed E-state index contributed by atoms with van der Waals surface area (Å²) in [5.41, 5.74) is 3.30. The second-order valence-corrected chi connectivity index (χ2v) is 6.23. The number of anilines is 1. The maximum absolute atomic E-state index is 12.4. The highest BCUT2D eigenvalue weighted by atomic mass is 16.5. The minimum absolute atomic E-state index is 0.0625. The Morgan fingerprint density at radius 3 is 2.96 bits per heavy atom. The number of ether oxygens (including phenoxy) is 1. The van der Waals surface area contributed by atoms with Gasteiger partial charge in [-0.3, -0.25) is 14.6 Å². The Labute approximate surface area is 141 Å². The smallest absolute Gasteiger partial charge is 0.272 e. The van der Waals surface area contributed by atoms with Crippen molar-refractivity contribution in [3.8, 4) is 0 Å². The summed E-state index contributed by atoms with van der Waals surface area (Å²) in [5.74, 6) is 0.774. The topological polar surface area (TPSA) is 96.9 Å². The molecule has 0 saturated carbocycles. The van der Waals surface area contributed by atoms with Gasteiger partial charge in [0.1, 0.15) is 5.82 Å². The van der Waals surface area contributed by atoms with Crippen LogP contribution in [0.15, 0.2) is 6.07 Å². The number of aromatic nitrogens is 4. The standard InChI is InChI=1S/C16H24N6O2/c1-9-7-13(22(4)21-9)17-5-6-18-16(23)15-12-8-10(2)24-11(3)14(12)19-20-15/h7,10-11,17H,5-6,8H2,1-4H3,(H,18,23)(H,19,20)/t10-,11+/m1/s1. The molecule has 24 heavy (non-hydrogen) atoms. The summed E-state index contributed by atoms with van der Waals surface area (Å²) in [5, 5.41) is 17.6. The maximum Gasteiger partial charge on any atom is 0.272 e. The van der Waals surface area contributed by atoms with Crippen LogP contribution >= 0.6 is 0 Å². The van der Waals surface area contributed by atoms with Gasteiger partial charge in [0.25, 0.3) is 5.91 Å². The summed E-state index contributed by atoms with van der Waals surface area (Å²) in [6.45, 7) is 7.04. The van der Waals surface area contributed by atoms with Crippen molar-refractivity contribution < 1.29 is 9.53 Å². The van der Waals surface area contributed by atoms with Crippen molar-refractivity contribution >= 4 is 11.7 Å². The zero-order valence-electron chi connectivity index (χ0n) is 14.5. The van der Waals surface area contributed by atoms with Crippen LogP contribution in [0.4, 0.5) is 5.82 Å². The molecule has 0 unspecified atom stereocenters. The second-order valence-electron chi connectivity index (χ2n) is 6.23. The van der Waals surface area contributed by atoms with Crippen LogP contribution in [0.25, 0.3) is 0 Å². The average molecular weight is 332 g/mol. The number of hydrogen-bond acceptors (Lipinski definition) is 5. The molecular formula is C16H24N6O2. The molecule has 0 aromatic carbocycles. The summed E-state index contributed by atoms with van der Waals surface area (Å²) >= 11 is 0. The number of aryl methyl sites for hydroxylation is 2. The van der Waals surface area contributed by atoms with Crippen molar-refractivity contribution in [2.24, 2.45) is 7.05 Å². The molecule has 2 aromatic heterocycles. The third-order valence-electron chi connectivity index (χ3n) is 4.17. The van der Waals surface area contributed by atoms with Crippen molar-refractivity contribution in [2.45, 2.75) is 39.4 Å². The Kier molecular flexibility index (Phi) is 4.57. The monoisotopic (exact) mass is 332 g/mol. The first kappa shape index (κ1) is 16.5. The predicted molar refractivity (Wildman–Crippen MR) is 90.0 cm³/mol. The molecule has 0 fully saturated rings. The van der Waals surface area contributed by atoms with Crippen LogP contribution in [0.5, 0.6) is 0 Å². The molecule has 1 aliphatic rings. The Balaban J connectivity index is 1.55. The zero-order valence-corrected chi connectivity index (χ0v) is 14.5. The van der Waals surface area contributed by atoms with Crippen LogP contribution in [0.2, 0.25) is 0 Å². The Bertz CT molecular complexity index is 735. The van der Waals surface area contributed by atoms with E-state index in [4.69, 9.17) is 4.74 Å². The largest absolute Gasteiger partial charge is 0.369 e. The van der Waals surface area contributed by atoms with E-state index < -0.39 is 0 Å². The lowest BCUT2D eigenvalue weighted by atomic mass is 9.99. The highest BCUT2D eigenvalue weighted by Crippen LogP contribution is 2.29. The van der Waals surface area contributed by atoms with E-state index in [2.05, 4.69) is 25.9 Å². The van der Waals surface area contributed by atoms with E-state index in [1.165, 1.54) is 0 Å². The lowest BCUT2D eigenvalue weighted by Gasteiger charge is -2.25. The first-order valence-electron chi connectivity index (χ1n) is 8.21. The van der Waals surface area contributed by atoms with E-state index >= 15 is 0 Å². The van der Waals surface area contributed by atoms with E-state index in [0.717, 1.165) is 22.8 Å². The van der Waals surface area contributed by atoms with Gasteiger partial charge >= 0.3 is 0 Å². The van der Waals surface area contributed by atoms with Crippen molar-refractivity contribution in [3.63, 3.8) is 0 Å². The fourth-order valence-corrected chi connectivity index (χ4v) is 3.09. The van der Waals surface area contributed by atoms with Gasteiger partial charge in [-0.1, -0.05) is 0 Å². The van der Waals surface area contributed by atoms with Gasteiger partial charge in [0, 0.05) is 38.2 Å². The molecule has 0 aliphatic carbocycles. The van der Waals surface area contributed by atoms with E-state index in [-0.39, 0.29) is 18.1 Å². The lowest BCUT2D eigenvalue weighted by Crippen LogP contribution is -2.31.